The van der Waals surface area contributed by atoms with Gasteiger partial charge >= 0.3 is 0 Å². The van der Waals surface area contributed by atoms with Crippen LogP contribution in [0.2, 0.25) is 5.02 Å². The molecule has 1 fully saturated rings. The van der Waals surface area contributed by atoms with E-state index in [9.17, 15) is 27.7 Å². The van der Waals surface area contributed by atoms with Crippen molar-refractivity contribution >= 4 is 38.9 Å². The average Bonchev–Trinajstić information content (AvgIpc) is 2.74. The number of nitrogens with zero attached hydrogens (tertiary/aromatic N) is 3. The molecule has 0 aromatic heterocycles. The van der Waals surface area contributed by atoms with Crippen LogP contribution in [-0.2, 0) is 14.8 Å². The summed E-state index contributed by atoms with van der Waals surface area (Å²) in [7, 11) is -3.80. The molecule has 12 heteroatoms. The summed E-state index contributed by atoms with van der Waals surface area (Å²) in [4.78, 5) is 24.5. The fourth-order valence-electron chi connectivity index (χ4n) is 3.19. The Morgan fingerprint density at radius 3 is 2.48 bits per heavy atom. The molecular weight excluding hydrogens is 451 g/mol. The van der Waals surface area contributed by atoms with Crippen LogP contribution < -0.4 is 5.32 Å². The van der Waals surface area contributed by atoms with E-state index in [1.54, 1.807) is 6.07 Å². The van der Waals surface area contributed by atoms with Gasteiger partial charge in [0.25, 0.3) is 5.69 Å². The lowest BCUT2D eigenvalue weighted by Gasteiger charge is -2.33. The second kappa shape index (κ2) is 9.69. The van der Waals surface area contributed by atoms with Gasteiger partial charge in [-0.05, 0) is 24.3 Å². The smallest absolute Gasteiger partial charge is 0.292 e. The number of benzene rings is 2. The molecule has 0 aliphatic carbocycles. The number of nitro groups is 1. The number of carbonyl (C=O) groups excluding carboxylic acids is 1. The molecule has 3 rings (SSSR count). The van der Waals surface area contributed by atoms with Crippen LogP contribution in [-0.4, -0.2) is 61.2 Å². The third-order valence-electron chi connectivity index (χ3n) is 4.89. The first-order chi connectivity index (χ1) is 14.7. The van der Waals surface area contributed by atoms with E-state index < -0.39 is 20.8 Å². The van der Waals surface area contributed by atoms with Crippen LogP contribution >= 0.6 is 11.6 Å². The van der Waals surface area contributed by atoms with Crippen LogP contribution in [0.15, 0.2) is 47.4 Å². The Morgan fingerprint density at radius 2 is 1.84 bits per heavy atom. The molecule has 0 spiro atoms. The van der Waals surface area contributed by atoms with Crippen molar-refractivity contribution in [3.63, 3.8) is 0 Å². The van der Waals surface area contributed by atoms with Crippen LogP contribution in [0.1, 0.15) is 6.42 Å². The lowest BCUT2D eigenvalue weighted by atomic mass is 10.2. The molecule has 1 N–H and O–H groups in total. The van der Waals surface area contributed by atoms with E-state index in [4.69, 9.17) is 11.6 Å². The first-order valence-electron chi connectivity index (χ1n) is 9.39. The van der Waals surface area contributed by atoms with Crippen molar-refractivity contribution in [1.29, 1.82) is 0 Å². The lowest BCUT2D eigenvalue weighted by Crippen LogP contribution is -2.49. The summed E-state index contributed by atoms with van der Waals surface area (Å²) in [6.07, 6.45) is 0.104. The Bertz CT molecular complexity index is 1090. The number of carbonyl (C=O) groups is 1. The Labute approximate surface area is 183 Å². The van der Waals surface area contributed by atoms with Crippen molar-refractivity contribution < 1.29 is 22.5 Å². The maximum atomic E-state index is 13.3. The Kier molecular flexibility index (Phi) is 7.21. The zero-order valence-electron chi connectivity index (χ0n) is 16.3. The SMILES string of the molecule is O=C(CCN1CCN(S(=O)(=O)c2ccc(F)c(Cl)c2)CC1)Nc1ccccc1[N+](=O)[O-]. The normalized spacial score (nSPS) is 15.5. The topological polar surface area (TPSA) is 113 Å². The minimum absolute atomic E-state index is 0.0730. The molecule has 0 saturated carbocycles. The molecule has 31 heavy (non-hydrogen) atoms. The molecule has 0 unspecified atom stereocenters. The number of amides is 1. The standard InChI is InChI=1S/C19H20ClFN4O5S/c20-15-13-14(5-6-16(15)21)31(29,30)24-11-9-23(10-12-24)8-7-19(26)22-17-3-1-2-4-18(17)25(27)28/h1-6,13H,7-12H2,(H,22,26). The summed E-state index contributed by atoms with van der Waals surface area (Å²) in [5, 5.41) is 13.3. The molecule has 1 aliphatic rings. The number of rotatable bonds is 7. The molecule has 2 aromatic rings. The maximum Gasteiger partial charge on any atom is 0.292 e. The highest BCUT2D eigenvalue weighted by molar-refractivity contribution is 7.89. The summed E-state index contributed by atoms with van der Waals surface area (Å²) in [5.74, 6) is -1.06. The van der Waals surface area contributed by atoms with Gasteiger partial charge in [-0.1, -0.05) is 23.7 Å². The molecule has 1 heterocycles. The van der Waals surface area contributed by atoms with Crippen molar-refractivity contribution in [2.45, 2.75) is 11.3 Å². The molecule has 0 atom stereocenters. The molecule has 1 aliphatic heterocycles. The average molecular weight is 471 g/mol. The monoisotopic (exact) mass is 470 g/mol. The predicted octanol–water partition coefficient (Wildman–Crippen LogP) is 2.72. The van der Waals surface area contributed by atoms with Gasteiger partial charge in [-0.2, -0.15) is 4.31 Å². The number of hydrogen-bond acceptors (Lipinski definition) is 6. The maximum absolute atomic E-state index is 13.3. The molecule has 1 amide bonds. The molecular formula is C19H20ClFN4O5S. The van der Waals surface area contributed by atoms with Crippen molar-refractivity contribution in [1.82, 2.24) is 9.21 Å². The van der Waals surface area contributed by atoms with E-state index in [1.165, 1.54) is 28.6 Å². The predicted molar refractivity (Wildman–Crippen MR) is 113 cm³/mol. The van der Waals surface area contributed by atoms with Crippen molar-refractivity contribution in [2.75, 3.05) is 38.0 Å². The first-order valence-corrected chi connectivity index (χ1v) is 11.2. The van der Waals surface area contributed by atoms with Gasteiger partial charge in [-0.15, -0.1) is 0 Å². The van der Waals surface area contributed by atoms with E-state index in [-0.39, 0.29) is 46.7 Å². The van der Waals surface area contributed by atoms with Gasteiger partial charge in [0, 0.05) is 45.2 Å². The highest BCUT2D eigenvalue weighted by Crippen LogP contribution is 2.24. The number of anilines is 1. The largest absolute Gasteiger partial charge is 0.320 e. The van der Waals surface area contributed by atoms with Gasteiger partial charge in [0.2, 0.25) is 15.9 Å². The van der Waals surface area contributed by atoms with E-state index in [0.717, 1.165) is 12.1 Å². The zero-order valence-corrected chi connectivity index (χ0v) is 17.9. The van der Waals surface area contributed by atoms with Crippen molar-refractivity contribution in [3.8, 4) is 0 Å². The van der Waals surface area contributed by atoms with Gasteiger partial charge in [0.15, 0.2) is 0 Å². The lowest BCUT2D eigenvalue weighted by molar-refractivity contribution is -0.383. The second-order valence-electron chi connectivity index (χ2n) is 6.89. The number of halogens is 2. The minimum atomic E-state index is -3.80. The van der Waals surface area contributed by atoms with E-state index in [0.29, 0.717) is 19.6 Å². The Hall–Kier alpha value is -2.60. The number of sulfonamides is 1. The van der Waals surface area contributed by atoms with Crippen LogP contribution in [0.5, 0.6) is 0 Å². The molecule has 1 saturated heterocycles. The third-order valence-corrected chi connectivity index (χ3v) is 7.07. The summed E-state index contributed by atoms with van der Waals surface area (Å²) < 4.78 is 40.1. The summed E-state index contributed by atoms with van der Waals surface area (Å²) in [5.41, 5.74) is -0.0538. The van der Waals surface area contributed by atoms with Gasteiger partial charge < -0.3 is 10.2 Å². The van der Waals surface area contributed by atoms with E-state index >= 15 is 0 Å². The first kappa shape index (κ1) is 23.1. The van der Waals surface area contributed by atoms with Crippen LogP contribution in [0, 0.1) is 15.9 Å². The van der Waals surface area contributed by atoms with Crippen LogP contribution in [0.25, 0.3) is 0 Å². The molecule has 9 nitrogen and oxygen atoms in total. The number of nitro benzene ring substituents is 1. The van der Waals surface area contributed by atoms with Crippen LogP contribution in [0.4, 0.5) is 15.8 Å². The van der Waals surface area contributed by atoms with Gasteiger partial charge in [-0.25, -0.2) is 12.8 Å². The highest BCUT2D eigenvalue weighted by atomic mass is 35.5. The second-order valence-corrected chi connectivity index (χ2v) is 9.24. The molecule has 2 aromatic carbocycles. The minimum Gasteiger partial charge on any atom is -0.320 e. The van der Waals surface area contributed by atoms with Gasteiger partial charge in [-0.3, -0.25) is 14.9 Å². The summed E-state index contributed by atoms with van der Waals surface area (Å²) in [6, 6.07) is 9.16. The quantitative estimate of drug-likeness (QED) is 0.491. The molecule has 0 bridgehead atoms. The zero-order chi connectivity index (χ0) is 22.6. The Morgan fingerprint density at radius 1 is 1.16 bits per heavy atom. The van der Waals surface area contributed by atoms with E-state index in [2.05, 4.69) is 5.32 Å². The van der Waals surface area contributed by atoms with E-state index in [1.807, 2.05) is 4.90 Å². The number of nitrogens with one attached hydrogen (secondary N) is 1. The summed E-state index contributed by atoms with van der Waals surface area (Å²) in [6.45, 7) is 1.62. The van der Waals surface area contributed by atoms with Crippen molar-refractivity contribution in [3.05, 3.63) is 63.4 Å². The third kappa shape index (κ3) is 5.56. The van der Waals surface area contributed by atoms with Gasteiger partial charge in [0.1, 0.15) is 11.5 Å². The highest BCUT2D eigenvalue weighted by Gasteiger charge is 2.29. The number of para-hydroxylation sites is 2. The fourth-order valence-corrected chi connectivity index (χ4v) is 4.88. The molecule has 0 radical (unpaired) electrons. The fraction of sp³-hybridized carbons (Fsp3) is 0.316. The summed E-state index contributed by atoms with van der Waals surface area (Å²) >= 11 is 5.70. The Balaban J connectivity index is 1.52. The van der Waals surface area contributed by atoms with Crippen molar-refractivity contribution in [2.24, 2.45) is 0 Å². The molecule has 166 valence electrons. The van der Waals surface area contributed by atoms with Crippen LogP contribution in [0.3, 0.4) is 0 Å². The van der Waals surface area contributed by atoms with Gasteiger partial charge in [0.05, 0.1) is 14.8 Å². The number of piperazine rings is 1. The number of hydrogen-bond donors (Lipinski definition) is 1.